The second-order valence-corrected chi connectivity index (χ2v) is 6.34. The van der Waals surface area contributed by atoms with Gasteiger partial charge in [0.25, 0.3) is 0 Å². The molecule has 12 heavy (non-hydrogen) atoms. The fourth-order valence-corrected chi connectivity index (χ4v) is 2.58. The van der Waals surface area contributed by atoms with E-state index in [-0.39, 0.29) is 0 Å². The van der Waals surface area contributed by atoms with Gasteiger partial charge in [0.2, 0.25) is 0 Å². The molecule has 0 spiro atoms. The monoisotopic (exact) mass is 243 g/mol. The highest BCUT2D eigenvalue weighted by Gasteiger charge is 2.22. The fraction of sp³-hybridized carbons (Fsp3) is 0.571. The number of hydrogen-bond donors (Lipinski definition) is 0. The zero-order chi connectivity index (χ0) is 9.35. The molecule has 1 heterocycles. The summed E-state index contributed by atoms with van der Waals surface area (Å²) in [4.78, 5) is 5.29. The van der Waals surface area contributed by atoms with Gasteiger partial charge in [-0.3, -0.25) is 0 Å². The van der Waals surface area contributed by atoms with Crippen LogP contribution in [-0.2, 0) is 6.42 Å². The van der Waals surface area contributed by atoms with Crippen molar-refractivity contribution in [2.45, 2.75) is 24.1 Å². The quantitative estimate of drug-likeness (QED) is 0.687. The molecule has 5 heteroatoms. The molecule has 0 aliphatic carbocycles. The average Bonchev–Trinajstić information content (AvgIpc) is 2.06. The first-order chi connectivity index (χ1) is 5.38. The molecule has 0 amide bonds. The molecule has 0 aliphatic rings. The van der Waals surface area contributed by atoms with Crippen LogP contribution in [0.5, 0.6) is 0 Å². The first-order valence-electron chi connectivity index (χ1n) is 3.38. The maximum absolute atomic E-state index is 5.66. The Hall–Kier alpha value is 0.500. The van der Waals surface area contributed by atoms with Crippen molar-refractivity contribution in [1.82, 2.24) is 4.98 Å². The van der Waals surface area contributed by atoms with E-state index in [9.17, 15) is 0 Å². The Morgan fingerprint density at radius 2 is 1.92 bits per heavy atom. The van der Waals surface area contributed by atoms with E-state index in [1.165, 1.54) is 0 Å². The molecule has 1 aromatic rings. The second-order valence-electron chi connectivity index (χ2n) is 2.53. The van der Waals surface area contributed by atoms with Crippen molar-refractivity contribution in [3.05, 3.63) is 15.6 Å². The molecule has 1 rings (SSSR count). The predicted octanol–water partition coefficient (Wildman–Crippen LogP) is 3.67. The number of aromatic nitrogens is 1. The minimum absolute atomic E-state index is 0.439. The van der Waals surface area contributed by atoms with Crippen molar-refractivity contribution in [3.63, 3.8) is 0 Å². The summed E-state index contributed by atoms with van der Waals surface area (Å²) in [5, 5.41) is 1.01. The Labute approximate surface area is 90.7 Å². The average molecular weight is 245 g/mol. The van der Waals surface area contributed by atoms with E-state index in [0.717, 1.165) is 15.6 Å². The first-order valence-corrected chi connectivity index (χ1v) is 5.33. The van der Waals surface area contributed by atoms with Crippen LogP contribution in [-0.4, -0.2) is 8.78 Å². The minimum atomic E-state index is -1.20. The Kier molecular flexibility index (Phi) is 3.27. The van der Waals surface area contributed by atoms with E-state index in [0.29, 0.717) is 6.42 Å². The van der Waals surface area contributed by atoms with Gasteiger partial charge in [-0.1, -0.05) is 34.8 Å². The molecular formula is C7H8Cl3NS. The van der Waals surface area contributed by atoms with Gasteiger partial charge in [0.05, 0.1) is 10.7 Å². The van der Waals surface area contributed by atoms with Crippen molar-refractivity contribution >= 4 is 46.1 Å². The van der Waals surface area contributed by atoms with Crippen molar-refractivity contribution < 1.29 is 0 Å². The van der Waals surface area contributed by atoms with E-state index in [2.05, 4.69) is 4.98 Å². The molecule has 0 fully saturated rings. The zero-order valence-electron chi connectivity index (χ0n) is 6.70. The van der Waals surface area contributed by atoms with E-state index in [1.807, 2.05) is 13.8 Å². The lowest BCUT2D eigenvalue weighted by atomic mass is 10.3. The van der Waals surface area contributed by atoms with Crippen molar-refractivity contribution in [2.75, 3.05) is 0 Å². The lowest BCUT2D eigenvalue weighted by Crippen LogP contribution is -2.06. The van der Waals surface area contributed by atoms with Gasteiger partial charge in [0, 0.05) is 11.3 Å². The molecular weight excluding hydrogens is 237 g/mol. The first kappa shape index (κ1) is 10.6. The number of rotatable bonds is 1. The molecule has 0 atom stereocenters. The van der Waals surface area contributed by atoms with Gasteiger partial charge in [-0.2, -0.15) is 0 Å². The van der Waals surface area contributed by atoms with Crippen LogP contribution in [0.3, 0.4) is 0 Å². The van der Waals surface area contributed by atoms with Crippen LogP contribution in [0, 0.1) is 13.8 Å². The van der Waals surface area contributed by atoms with Crippen LogP contribution >= 0.6 is 46.1 Å². The summed E-state index contributed by atoms with van der Waals surface area (Å²) in [5.74, 6) is 0. The molecule has 0 saturated heterocycles. The summed E-state index contributed by atoms with van der Waals surface area (Å²) in [6.07, 6.45) is 0.439. The highest BCUT2D eigenvalue weighted by atomic mass is 35.6. The molecule has 0 unspecified atom stereocenters. The number of hydrogen-bond acceptors (Lipinski definition) is 2. The lowest BCUT2D eigenvalue weighted by molar-refractivity contribution is 1.01. The van der Waals surface area contributed by atoms with Gasteiger partial charge < -0.3 is 0 Å². The summed E-state index contributed by atoms with van der Waals surface area (Å²) in [5.41, 5.74) is 0.962. The second kappa shape index (κ2) is 3.70. The number of thiazole rings is 1. The van der Waals surface area contributed by atoms with Gasteiger partial charge in [0.1, 0.15) is 0 Å². The molecule has 0 saturated carbocycles. The van der Waals surface area contributed by atoms with Crippen molar-refractivity contribution in [3.8, 4) is 0 Å². The van der Waals surface area contributed by atoms with Crippen LogP contribution in [0.1, 0.15) is 15.6 Å². The molecule has 0 radical (unpaired) electrons. The molecule has 0 aromatic carbocycles. The van der Waals surface area contributed by atoms with Gasteiger partial charge in [0.15, 0.2) is 3.79 Å². The van der Waals surface area contributed by atoms with Crippen molar-refractivity contribution in [2.24, 2.45) is 0 Å². The molecule has 1 aromatic heterocycles. The SMILES string of the molecule is Cc1nc(C)c(CC(Cl)(Cl)Cl)s1. The van der Waals surface area contributed by atoms with Gasteiger partial charge in [-0.15, -0.1) is 11.3 Å². The zero-order valence-corrected chi connectivity index (χ0v) is 9.78. The fourth-order valence-electron chi connectivity index (χ4n) is 0.920. The summed E-state index contributed by atoms with van der Waals surface area (Å²) in [7, 11) is 0. The van der Waals surface area contributed by atoms with Crippen LogP contribution < -0.4 is 0 Å². The van der Waals surface area contributed by atoms with E-state index in [4.69, 9.17) is 34.8 Å². The van der Waals surface area contributed by atoms with E-state index in [1.54, 1.807) is 11.3 Å². The number of alkyl halides is 3. The largest absolute Gasteiger partial charge is 0.247 e. The van der Waals surface area contributed by atoms with Gasteiger partial charge >= 0.3 is 0 Å². The van der Waals surface area contributed by atoms with Crippen LogP contribution in [0.25, 0.3) is 0 Å². The van der Waals surface area contributed by atoms with E-state index >= 15 is 0 Å². The Morgan fingerprint density at radius 1 is 1.33 bits per heavy atom. The van der Waals surface area contributed by atoms with Crippen LogP contribution in [0.2, 0.25) is 0 Å². The summed E-state index contributed by atoms with van der Waals surface area (Å²) in [6.45, 7) is 3.87. The molecule has 0 aliphatic heterocycles. The molecule has 1 nitrogen and oxygen atoms in total. The molecule has 0 N–H and O–H groups in total. The maximum atomic E-state index is 5.66. The predicted molar refractivity (Wildman–Crippen MR) is 55.6 cm³/mol. The smallest absolute Gasteiger partial charge is 0.195 e. The van der Waals surface area contributed by atoms with Crippen molar-refractivity contribution in [1.29, 1.82) is 0 Å². The summed E-state index contributed by atoms with van der Waals surface area (Å²) >= 11 is 18.6. The minimum Gasteiger partial charge on any atom is -0.247 e. The van der Waals surface area contributed by atoms with Gasteiger partial charge in [-0.05, 0) is 13.8 Å². The normalized spacial score (nSPS) is 12.1. The topological polar surface area (TPSA) is 12.9 Å². The van der Waals surface area contributed by atoms with Crippen LogP contribution in [0.15, 0.2) is 0 Å². The standard InChI is InChI=1S/C7H8Cl3NS/c1-4-6(3-7(8,9)10)12-5(2)11-4/h3H2,1-2H3. The van der Waals surface area contributed by atoms with E-state index < -0.39 is 3.79 Å². The Balaban J connectivity index is 2.82. The Bertz CT molecular complexity index is 277. The highest BCUT2D eigenvalue weighted by molar-refractivity contribution is 7.11. The van der Waals surface area contributed by atoms with Crippen LogP contribution in [0.4, 0.5) is 0 Å². The summed E-state index contributed by atoms with van der Waals surface area (Å²) < 4.78 is -1.20. The molecule has 0 bridgehead atoms. The lowest BCUT2D eigenvalue weighted by Gasteiger charge is -2.08. The number of aryl methyl sites for hydroxylation is 2. The Morgan fingerprint density at radius 3 is 2.25 bits per heavy atom. The third-order valence-corrected chi connectivity index (χ3v) is 2.83. The summed E-state index contributed by atoms with van der Waals surface area (Å²) in [6, 6.07) is 0. The maximum Gasteiger partial charge on any atom is 0.195 e. The third-order valence-electron chi connectivity index (χ3n) is 1.36. The number of nitrogens with zero attached hydrogens (tertiary/aromatic N) is 1. The molecule has 68 valence electrons. The highest BCUT2D eigenvalue weighted by Crippen LogP contribution is 2.33. The number of halogens is 3. The third kappa shape index (κ3) is 3.09. The van der Waals surface area contributed by atoms with Gasteiger partial charge in [-0.25, -0.2) is 4.98 Å².